The van der Waals surface area contributed by atoms with E-state index in [2.05, 4.69) is 31.9 Å². The maximum absolute atomic E-state index is 5.19. The highest BCUT2D eigenvalue weighted by molar-refractivity contribution is 5.30. The maximum Gasteiger partial charge on any atom is 0.225 e. The van der Waals surface area contributed by atoms with Gasteiger partial charge in [0.1, 0.15) is 5.75 Å². The highest BCUT2D eigenvalue weighted by Crippen LogP contribution is 2.15. The molecule has 1 saturated heterocycles. The van der Waals surface area contributed by atoms with Crippen molar-refractivity contribution in [3.8, 4) is 5.75 Å². The lowest BCUT2D eigenvalue weighted by atomic mass is 10.2. The van der Waals surface area contributed by atoms with Crippen LogP contribution in [0.4, 0.5) is 5.95 Å². The summed E-state index contributed by atoms with van der Waals surface area (Å²) in [5.74, 6) is 1.74. The van der Waals surface area contributed by atoms with Gasteiger partial charge in [0.2, 0.25) is 5.95 Å². The molecule has 1 aliphatic rings. The van der Waals surface area contributed by atoms with Gasteiger partial charge in [0, 0.05) is 45.1 Å². The van der Waals surface area contributed by atoms with Crippen molar-refractivity contribution in [1.29, 1.82) is 0 Å². The summed E-state index contributed by atoms with van der Waals surface area (Å²) in [6.07, 6.45) is 3.60. The molecule has 21 heavy (non-hydrogen) atoms. The highest BCUT2D eigenvalue weighted by atomic mass is 16.5. The number of anilines is 1. The van der Waals surface area contributed by atoms with Gasteiger partial charge < -0.3 is 9.64 Å². The summed E-state index contributed by atoms with van der Waals surface area (Å²) in [4.78, 5) is 13.3. The molecular weight excluding hydrogens is 264 g/mol. The molecule has 2 aromatic rings. The van der Waals surface area contributed by atoms with Crippen molar-refractivity contribution >= 4 is 5.95 Å². The molecule has 0 unspecified atom stereocenters. The zero-order valence-electron chi connectivity index (χ0n) is 12.3. The molecule has 0 radical (unpaired) electrons. The van der Waals surface area contributed by atoms with Crippen LogP contribution in [0.25, 0.3) is 0 Å². The number of nitrogens with zero attached hydrogens (tertiary/aromatic N) is 4. The molecule has 110 valence electrons. The minimum absolute atomic E-state index is 0.835. The largest absolute Gasteiger partial charge is 0.497 e. The molecule has 1 aliphatic heterocycles. The standard InChI is InChI=1S/C16H20N4O/c1-21-15-5-3-14(4-6-15)13-19-9-11-20(12-10-19)16-17-7-2-8-18-16/h2-8H,9-13H2,1H3. The van der Waals surface area contributed by atoms with E-state index in [1.165, 1.54) is 5.56 Å². The number of hydrogen-bond acceptors (Lipinski definition) is 5. The SMILES string of the molecule is COc1ccc(CN2CCN(c3ncccn3)CC2)cc1. The minimum Gasteiger partial charge on any atom is -0.497 e. The number of methoxy groups -OCH3 is 1. The quantitative estimate of drug-likeness (QED) is 0.856. The van der Waals surface area contributed by atoms with Crippen molar-refractivity contribution in [3.05, 3.63) is 48.3 Å². The van der Waals surface area contributed by atoms with Gasteiger partial charge >= 0.3 is 0 Å². The zero-order valence-corrected chi connectivity index (χ0v) is 12.3. The molecule has 0 saturated carbocycles. The van der Waals surface area contributed by atoms with E-state index in [0.717, 1.165) is 44.4 Å². The molecule has 0 atom stereocenters. The lowest BCUT2D eigenvalue weighted by Crippen LogP contribution is -2.46. The van der Waals surface area contributed by atoms with Crippen molar-refractivity contribution in [1.82, 2.24) is 14.9 Å². The van der Waals surface area contributed by atoms with Crippen molar-refractivity contribution in [3.63, 3.8) is 0 Å². The predicted octanol–water partition coefficient (Wildman–Crippen LogP) is 1.81. The molecule has 1 fully saturated rings. The number of ether oxygens (including phenoxy) is 1. The first-order valence-corrected chi connectivity index (χ1v) is 7.22. The van der Waals surface area contributed by atoms with Crippen LogP contribution in [-0.2, 0) is 6.54 Å². The van der Waals surface area contributed by atoms with Crippen LogP contribution in [0, 0.1) is 0 Å². The van der Waals surface area contributed by atoms with Gasteiger partial charge in [-0.15, -0.1) is 0 Å². The molecular formula is C16H20N4O. The highest BCUT2D eigenvalue weighted by Gasteiger charge is 2.18. The van der Waals surface area contributed by atoms with E-state index in [1.807, 2.05) is 18.2 Å². The lowest BCUT2D eigenvalue weighted by Gasteiger charge is -2.34. The third-order valence-corrected chi connectivity index (χ3v) is 3.77. The van der Waals surface area contributed by atoms with Gasteiger partial charge in [0.25, 0.3) is 0 Å². The van der Waals surface area contributed by atoms with Crippen LogP contribution in [0.1, 0.15) is 5.56 Å². The summed E-state index contributed by atoms with van der Waals surface area (Å²) in [6.45, 7) is 4.99. The van der Waals surface area contributed by atoms with Crippen LogP contribution >= 0.6 is 0 Å². The van der Waals surface area contributed by atoms with Gasteiger partial charge in [-0.25, -0.2) is 9.97 Å². The molecule has 0 bridgehead atoms. The maximum atomic E-state index is 5.19. The summed E-state index contributed by atoms with van der Waals surface area (Å²) in [5, 5.41) is 0. The lowest BCUT2D eigenvalue weighted by molar-refractivity contribution is 0.248. The Hall–Kier alpha value is -2.14. The van der Waals surface area contributed by atoms with E-state index in [9.17, 15) is 0 Å². The van der Waals surface area contributed by atoms with Gasteiger partial charge in [-0.2, -0.15) is 0 Å². The Balaban J connectivity index is 1.53. The van der Waals surface area contributed by atoms with Crippen molar-refractivity contribution < 1.29 is 4.74 Å². The molecule has 5 heteroatoms. The van der Waals surface area contributed by atoms with Gasteiger partial charge in [0.05, 0.1) is 7.11 Å². The molecule has 1 aromatic heterocycles. The molecule has 2 heterocycles. The van der Waals surface area contributed by atoms with Crippen molar-refractivity contribution in [2.24, 2.45) is 0 Å². The van der Waals surface area contributed by atoms with E-state index in [1.54, 1.807) is 19.5 Å². The second-order valence-corrected chi connectivity index (χ2v) is 5.16. The van der Waals surface area contributed by atoms with Gasteiger partial charge in [-0.1, -0.05) is 12.1 Å². The fourth-order valence-electron chi connectivity index (χ4n) is 2.55. The summed E-state index contributed by atoms with van der Waals surface area (Å²) >= 11 is 0. The topological polar surface area (TPSA) is 41.5 Å². The third-order valence-electron chi connectivity index (χ3n) is 3.77. The summed E-state index contributed by atoms with van der Waals surface area (Å²) < 4.78 is 5.19. The fourth-order valence-corrected chi connectivity index (χ4v) is 2.55. The van der Waals surface area contributed by atoms with Gasteiger partial charge in [0.15, 0.2) is 0 Å². The Bertz CT molecular complexity index is 550. The van der Waals surface area contributed by atoms with Crippen molar-refractivity contribution in [2.75, 3.05) is 38.2 Å². The first kappa shape index (κ1) is 13.8. The first-order valence-electron chi connectivity index (χ1n) is 7.22. The summed E-state index contributed by atoms with van der Waals surface area (Å²) in [6, 6.07) is 10.1. The van der Waals surface area contributed by atoms with Gasteiger partial charge in [-0.05, 0) is 23.8 Å². The van der Waals surface area contributed by atoms with E-state index in [-0.39, 0.29) is 0 Å². The molecule has 0 aliphatic carbocycles. The third kappa shape index (κ3) is 3.49. The Morgan fingerprint density at radius 3 is 2.29 bits per heavy atom. The van der Waals surface area contributed by atoms with Crippen LogP contribution in [-0.4, -0.2) is 48.2 Å². The van der Waals surface area contributed by atoms with Crippen LogP contribution in [0.3, 0.4) is 0 Å². The number of aromatic nitrogens is 2. The Kier molecular flexibility index (Phi) is 4.31. The monoisotopic (exact) mass is 284 g/mol. The summed E-state index contributed by atoms with van der Waals surface area (Å²) in [5.41, 5.74) is 1.32. The Morgan fingerprint density at radius 1 is 1.00 bits per heavy atom. The van der Waals surface area contributed by atoms with E-state index in [4.69, 9.17) is 4.74 Å². The smallest absolute Gasteiger partial charge is 0.225 e. The molecule has 5 nitrogen and oxygen atoms in total. The normalized spacial score (nSPS) is 16.0. The average Bonchev–Trinajstić information content (AvgIpc) is 2.57. The Morgan fingerprint density at radius 2 is 1.67 bits per heavy atom. The predicted molar refractivity (Wildman–Crippen MR) is 82.5 cm³/mol. The van der Waals surface area contributed by atoms with E-state index >= 15 is 0 Å². The fraction of sp³-hybridized carbons (Fsp3) is 0.375. The molecule has 0 N–H and O–H groups in total. The Labute approximate surface area is 125 Å². The number of benzene rings is 1. The molecule has 1 aromatic carbocycles. The number of piperazine rings is 1. The molecule has 3 rings (SSSR count). The molecule has 0 spiro atoms. The average molecular weight is 284 g/mol. The van der Waals surface area contributed by atoms with E-state index < -0.39 is 0 Å². The number of rotatable bonds is 4. The summed E-state index contributed by atoms with van der Waals surface area (Å²) in [7, 11) is 1.69. The first-order chi connectivity index (χ1) is 10.3. The molecule has 0 amide bonds. The number of hydrogen-bond donors (Lipinski definition) is 0. The van der Waals surface area contributed by atoms with Crippen LogP contribution in [0.2, 0.25) is 0 Å². The minimum atomic E-state index is 0.835. The second-order valence-electron chi connectivity index (χ2n) is 5.16. The van der Waals surface area contributed by atoms with Crippen LogP contribution < -0.4 is 9.64 Å². The van der Waals surface area contributed by atoms with E-state index in [0.29, 0.717) is 0 Å². The van der Waals surface area contributed by atoms with Crippen LogP contribution in [0.5, 0.6) is 5.75 Å². The van der Waals surface area contributed by atoms with Gasteiger partial charge in [-0.3, -0.25) is 4.90 Å². The second kappa shape index (κ2) is 6.54. The van der Waals surface area contributed by atoms with Crippen LogP contribution in [0.15, 0.2) is 42.7 Å². The van der Waals surface area contributed by atoms with Crippen molar-refractivity contribution in [2.45, 2.75) is 6.54 Å². The zero-order chi connectivity index (χ0) is 14.5.